The SMILES string of the molecule is COc1nc(Cl)cc(C(C)=O)c1C. The number of Topliss-reactive ketones (excluding diaryl/α,β-unsaturated/α-hetero) is 1. The molecule has 0 spiro atoms. The van der Waals surface area contributed by atoms with Gasteiger partial charge in [0.25, 0.3) is 0 Å². The number of carbonyl (C=O) groups excluding carboxylic acids is 1. The fourth-order valence-electron chi connectivity index (χ4n) is 1.12. The lowest BCUT2D eigenvalue weighted by Gasteiger charge is -2.07. The molecule has 0 aliphatic heterocycles. The number of methoxy groups -OCH3 is 1. The summed E-state index contributed by atoms with van der Waals surface area (Å²) < 4.78 is 4.97. The highest BCUT2D eigenvalue weighted by atomic mass is 35.5. The molecular weight excluding hydrogens is 190 g/mol. The number of ether oxygens (including phenoxy) is 1. The van der Waals surface area contributed by atoms with Gasteiger partial charge in [-0.05, 0) is 19.9 Å². The van der Waals surface area contributed by atoms with Gasteiger partial charge in [0, 0.05) is 11.1 Å². The van der Waals surface area contributed by atoms with Gasteiger partial charge in [0.15, 0.2) is 5.78 Å². The van der Waals surface area contributed by atoms with Crippen LogP contribution in [0.15, 0.2) is 6.07 Å². The summed E-state index contributed by atoms with van der Waals surface area (Å²) in [6, 6.07) is 1.54. The highest BCUT2D eigenvalue weighted by molar-refractivity contribution is 6.29. The average molecular weight is 200 g/mol. The summed E-state index contributed by atoms with van der Waals surface area (Å²) in [6.07, 6.45) is 0. The molecule has 0 saturated carbocycles. The van der Waals surface area contributed by atoms with Gasteiger partial charge < -0.3 is 4.74 Å². The van der Waals surface area contributed by atoms with Crippen LogP contribution in [0, 0.1) is 6.92 Å². The number of halogens is 1. The predicted octanol–water partition coefficient (Wildman–Crippen LogP) is 2.25. The molecule has 3 nitrogen and oxygen atoms in total. The molecule has 0 fully saturated rings. The van der Waals surface area contributed by atoms with E-state index in [1.54, 1.807) is 13.0 Å². The monoisotopic (exact) mass is 199 g/mol. The molecule has 0 radical (unpaired) electrons. The molecule has 0 aliphatic carbocycles. The van der Waals surface area contributed by atoms with Crippen molar-refractivity contribution in [2.24, 2.45) is 0 Å². The molecule has 0 bridgehead atoms. The van der Waals surface area contributed by atoms with Gasteiger partial charge in [0.2, 0.25) is 5.88 Å². The van der Waals surface area contributed by atoms with Crippen molar-refractivity contribution in [1.82, 2.24) is 4.98 Å². The maximum atomic E-state index is 11.1. The zero-order valence-electron chi connectivity index (χ0n) is 7.72. The summed E-state index contributed by atoms with van der Waals surface area (Å²) >= 11 is 5.70. The summed E-state index contributed by atoms with van der Waals surface area (Å²) in [6.45, 7) is 3.26. The van der Waals surface area contributed by atoms with E-state index in [2.05, 4.69) is 4.98 Å². The van der Waals surface area contributed by atoms with Crippen molar-refractivity contribution >= 4 is 17.4 Å². The van der Waals surface area contributed by atoms with E-state index in [1.807, 2.05) is 0 Å². The van der Waals surface area contributed by atoms with Gasteiger partial charge >= 0.3 is 0 Å². The van der Waals surface area contributed by atoms with E-state index in [9.17, 15) is 4.79 Å². The number of rotatable bonds is 2. The highest BCUT2D eigenvalue weighted by Gasteiger charge is 2.11. The number of hydrogen-bond donors (Lipinski definition) is 0. The van der Waals surface area contributed by atoms with Crippen LogP contribution in [-0.2, 0) is 0 Å². The summed E-state index contributed by atoms with van der Waals surface area (Å²) in [5, 5.41) is 0.271. The Morgan fingerprint density at radius 1 is 1.62 bits per heavy atom. The fraction of sp³-hybridized carbons (Fsp3) is 0.333. The van der Waals surface area contributed by atoms with Crippen LogP contribution < -0.4 is 4.74 Å². The Kier molecular flexibility index (Phi) is 2.88. The molecule has 13 heavy (non-hydrogen) atoms. The number of hydrogen-bond acceptors (Lipinski definition) is 3. The number of aromatic nitrogens is 1. The van der Waals surface area contributed by atoms with Gasteiger partial charge in [0.1, 0.15) is 5.15 Å². The Morgan fingerprint density at radius 2 is 2.23 bits per heavy atom. The lowest BCUT2D eigenvalue weighted by atomic mass is 10.1. The molecule has 0 saturated heterocycles. The van der Waals surface area contributed by atoms with E-state index in [4.69, 9.17) is 16.3 Å². The van der Waals surface area contributed by atoms with Crippen LogP contribution >= 0.6 is 11.6 Å². The van der Waals surface area contributed by atoms with Crippen molar-refractivity contribution < 1.29 is 9.53 Å². The van der Waals surface area contributed by atoms with Crippen LogP contribution in [0.1, 0.15) is 22.8 Å². The second-order valence-corrected chi connectivity index (χ2v) is 3.07. The Morgan fingerprint density at radius 3 is 2.69 bits per heavy atom. The Hall–Kier alpha value is -1.09. The fourth-order valence-corrected chi connectivity index (χ4v) is 1.31. The van der Waals surface area contributed by atoms with Crippen LogP contribution in [0.2, 0.25) is 5.15 Å². The van der Waals surface area contributed by atoms with E-state index in [-0.39, 0.29) is 10.9 Å². The normalized spacial score (nSPS) is 9.85. The van der Waals surface area contributed by atoms with E-state index >= 15 is 0 Å². The number of pyridine rings is 1. The van der Waals surface area contributed by atoms with Gasteiger partial charge in [-0.2, -0.15) is 0 Å². The molecule has 0 amide bonds. The minimum Gasteiger partial charge on any atom is -0.481 e. The van der Waals surface area contributed by atoms with Gasteiger partial charge in [-0.3, -0.25) is 4.79 Å². The Bertz CT molecular complexity index is 350. The van der Waals surface area contributed by atoms with Crippen molar-refractivity contribution in [3.8, 4) is 5.88 Å². The lowest BCUT2D eigenvalue weighted by molar-refractivity contribution is 0.101. The smallest absolute Gasteiger partial charge is 0.218 e. The quantitative estimate of drug-likeness (QED) is 0.542. The summed E-state index contributed by atoms with van der Waals surface area (Å²) in [7, 11) is 1.50. The second-order valence-electron chi connectivity index (χ2n) is 2.68. The van der Waals surface area contributed by atoms with E-state index < -0.39 is 0 Å². The van der Waals surface area contributed by atoms with Crippen LogP contribution in [0.4, 0.5) is 0 Å². The zero-order valence-corrected chi connectivity index (χ0v) is 8.47. The van der Waals surface area contributed by atoms with Gasteiger partial charge in [-0.25, -0.2) is 4.98 Å². The van der Waals surface area contributed by atoms with Crippen LogP contribution in [-0.4, -0.2) is 17.9 Å². The number of carbonyl (C=O) groups is 1. The lowest BCUT2D eigenvalue weighted by Crippen LogP contribution is -2.01. The molecule has 0 aromatic carbocycles. The topological polar surface area (TPSA) is 39.2 Å². The maximum Gasteiger partial charge on any atom is 0.218 e. The predicted molar refractivity (Wildman–Crippen MR) is 50.5 cm³/mol. The van der Waals surface area contributed by atoms with Gasteiger partial charge in [-0.1, -0.05) is 11.6 Å². The van der Waals surface area contributed by atoms with Gasteiger partial charge in [0.05, 0.1) is 7.11 Å². The molecule has 70 valence electrons. The maximum absolute atomic E-state index is 11.1. The minimum atomic E-state index is -0.0416. The van der Waals surface area contributed by atoms with E-state index in [0.717, 1.165) is 5.56 Å². The second kappa shape index (κ2) is 3.75. The largest absolute Gasteiger partial charge is 0.481 e. The van der Waals surface area contributed by atoms with Crippen molar-refractivity contribution in [3.05, 3.63) is 22.3 Å². The van der Waals surface area contributed by atoms with Crippen molar-refractivity contribution in [3.63, 3.8) is 0 Å². The van der Waals surface area contributed by atoms with Crippen molar-refractivity contribution in [2.75, 3.05) is 7.11 Å². The Labute approximate surface area is 81.7 Å². The first-order valence-electron chi connectivity index (χ1n) is 3.78. The first-order valence-corrected chi connectivity index (χ1v) is 4.16. The zero-order chi connectivity index (χ0) is 10.0. The van der Waals surface area contributed by atoms with E-state index in [1.165, 1.54) is 14.0 Å². The van der Waals surface area contributed by atoms with Crippen LogP contribution in [0.25, 0.3) is 0 Å². The summed E-state index contributed by atoms with van der Waals surface area (Å²) in [5.74, 6) is 0.359. The first-order chi connectivity index (χ1) is 6.06. The van der Waals surface area contributed by atoms with Crippen LogP contribution in [0.5, 0.6) is 5.88 Å². The van der Waals surface area contributed by atoms with Crippen LogP contribution in [0.3, 0.4) is 0 Å². The third-order valence-electron chi connectivity index (χ3n) is 1.77. The Balaban J connectivity index is 3.35. The average Bonchev–Trinajstić information content (AvgIpc) is 2.08. The standard InChI is InChI=1S/C9H10ClNO2/c1-5-7(6(2)12)4-8(10)11-9(5)13-3/h4H,1-3H3. The molecule has 0 unspecified atom stereocenters. The number of nitrogens with zero attached hydrogens (tertiary/aromatic N) is 1. The highest BCUT2D eigenvalue weighted by Crippen LogP contribution is 2.22. The van der Waals surface area contributed by atoms with Crippen molar-refractivity contribution in [1.29, 1.82) is 0 Å². The summed E-state index contributed by atoms with van der Waals surface area (Å²) in [4.78, 5) is 15.1. The van der Waals surface area contributed by atoms with E-state index in [0.29, 0.717) is 11.4 Å². The third kappa shape index (κ3) is 1.98. The molecule has 0 N–H and O–H groups in total. The molecule has 1 aromatic rings. The molecule has 1 aromatic heterocycles. The molecular formula is C9H10ClNO2. The van der Waals surface area contributed by atoms with Gasteiger partial charge in [-0.15, -0.1) is 0 Å². The van der Waals surface area contributed by atoms with Crippen molar-refractivity contribution in [2.45, 2.75) is 13.8 Å². The molecule has 1 heterocycles. The summed E-state index contributed by atoms with van der Waals surface area (Å²) in [5.41, 5.74) is 1.27. The third-order valence-corrected chi connectivity index (χ3v) is 1.96. The first kappa shape index (κ1) is 9.99. The molecule has 0 atom stereocenters. The number of ketones is 1. The molecule has 4 heteroatoms. The minimum absolute atomic E-state index is 0.0416. The molecule has 1 rings (SSSR count). The molecule has 0 aliphatic rings.